The molecule has 2 rings (SSSR count). The zero-order chi connectivity index (χ0) is 10.7. The van der Waals surface area contributed by atoms with Crippen molar-refractivity contribution in [1.29, 1.82) is 0 Å². The van der Waals surface area contributed by atoms with Crippen LogP contribution in [-0.2, 0) is 0 Å². The van der Waals surface area contributed by atoms with E-state index in [1.807, 2.05) is 12.1 Å². The molecule has 16 heavy (non-hydrogen) atoms. The van der Waals surface area contributed by atoms with Crippen molar-refractivity contribution in [3.8, 4) is 0 Å². The zero-order valence-corrected chi connectivity index (χ0v) is 10.9. The van der Waals surface area contributed by atoms with Crippen LogP contribution in [0.4, 0.5) is 0 Å². The number of halogens is 2. The van der Waals surface area contributed by atoms with Crippen molar-refractivity contribution in [2.45, 2.75) is 44.1 Å². The van der Waals surface area contributed by atoms with E-state index in [-0.39, 0.29) is 12.4 Å². The average Bonchev–Trinajstić information content (AvgIpc) is 2.44. The Labute approximate surface area is 109 Å². The van der Waals surface area contributed by atoms with E-state index in [0.717, 1.165) is 11.4 Å². The molecule has 90 valence electrons. The molecule has 0 radical (unpaired) electrons. The molecule has 3 heteroatoms. The number of nitrogens with two attached hydrogens (primary N) is 1. The van der Waals surface area contributed by atoms with Gasteiger partial charge in [-0.2, -0.15) is 0 Å². The van der Waals surface area contributed by atoms with Crippen LogP contribution in [0.5, 0.6) is 0 Å². The van der Waals surface area contributed by atoms with Gasteiger partial charge in [-0.25, -0.2) is 0 Å². The molecule has 1 nitrogen and oxygen atoms in total. The van der Waals surface area contributed by atoms with Crippen LogP contribution in [0.1, 0.15) is 43.6 Å². The summed E-state index contributed by atoms with van der Waals surface area (Å²) in [4.78, 5) is 0. The summed E-state index contributed by atoms with van der Waals surface area (Å²) in [6.45, 7) is 0. The van der Waals surface area contributed by atoms with Crippen molar-refractivity contribution in [2.75, 3.05) is 0 Å². The van der Waals surface area contributed by atoms with Crippen LogP contribution >= 0.6 is 24.0 Å². The van der Waals surface area contributed by atoms with Crippen LogP contribution in [-0.4, -0.2) is 6.04 Å². The van der Waals surface area contributed by atoms with Crippen molar-refractivity contribution < 1.29 is 0 Å². The van der Waals surface area contributed by atoms with Gasteiger partial charge in [-0.15, -0.1) is 12.4 Å². The van der Waals surface area contributed by atoms with Crippen molar-refractivity contribution in [2.24, 2.45) is 5.73 Å². The first-order valence-corrected chi connectivity index (χ1v) is 6.16. The van der Waals surface area contributed by atoms with Gasteiger partial charge >= 0.3 is 0 Å². The summed E-state index contributed by atoms with van der Waals surface area (Å²) in [5, 5.41) is 0.806. The van der Waals surface area contributed by atoms with Gasteiger partial charge in [0, 0.05) is 11.1 Å². The summed E-state index contributed by atoms with van der Waals surface area (Å²) in [6.07, 6.45) is 6.31. The molecular weight excluding hydrogens is 241 g/mol. The van der Waals surface area contributed by atoms with Crippen molar-refractivity contribution in [1.82, 2.24) is 0 Å². The highest BCUT2D eigenvalue weighted by molar-refractivity contribution is 6.30. The summed E-state index contributed by atoms with van der Waals surface area (Å²) in [5.41, 5.74) is 7.57. The molecule has 2 N–H and O–H groups in total. The molecule has 0 spiro atoms. The third-order valence-corrected chi connectivity index (χ3v) is 3.62. The maximum absolute atomic E-state index is 6.22. The molecule has 1 aromatic rings. The highest BCUT2D eigenvalue weighted by Crippen LogP contribution is 2.31. The summed E-state index contributed by atoms with van der Waals surface area (Å²) < 4.78 is 0. The number of hydrogen-bond acceptors (Lipinski definition) is 1. The molecule has 1 saturated carbocycles. The summed E-state index contributed by atoms with van der Waals surface area (Å²) in [7, 11) is 0. The van der Waals surface area contributed by atoms with Crippen molar-refractivity contribution in [3.63, 3.8) is 0 Å². The fourth-order valence-electron chi connectivity index (χ4n) is 2.46. The predicted molar refractivity (Wildman–Crippen MR) is 72.5 cm³/mol. The maximum Gasteiger partial charge on any atom is 0.0406 e. The topological polar surface area (TPSA) is 26.0 Å². The van der Waals surface area contributed by atoms with Gasteiger partial charge in [-0.05, 0) is 36.5 Å². The van der Waals surface area contributed by atoms with Gasteiger partial charge in [0.2, 0.25) is 0 Å². The molecular formula is C13H19Cl2N. The normalized spacial score (nSPS) is 25.6. The van der Waals surface area contributed by atoms with Gasteiger partial charge in [0.25, 0.3) is 0 Å². The van der Waals surface area contributed by atoms with Gasteiger partial charge < -0.3 is 5.73 Å². The highest BCUT2D eigenvalue weighted by Gasteiger charge is 2.21. The van der Waals surface area contributed by atoms with Gasteiger partial charge in [0.05, 0.1) is 0 Å². The Balaban J connectivity index is 0.00000128. The first kappa shape index (κ1) is 13.8. The van der Waals surface area contributed by atoms with Crippen LogP contribution in [0.2, 0.25) is 5.02 Å². The van der Waals surface area contributed by atoms with Crippen LogP contribution in [0.25, 0.3) is 0 Å². The monoisotopic (exact) mass is 259 g/mol. The average molecular weight is 260 g/mol. The second-order valence-electron chi connectivity index (χ2n) is 4.46. The van der Waals surface area contributed by atoms with Crippen LogP contribution in [0.15, 0.2) is 24.3 Å². The SMILES string of the molecule is Cl.NC1CCCCCC1c1ccc(Cl)cc1. The fourth-order valence-corrected chi connectivity index (χ4v) is 2.59. The Bertz CT molecular complexity index is 310. The van der Waals surface area contributed by atoms with Crippen LogP contribution in [0, 0.1) is 0 Å². The molecule has 0 heterocycles. The minimum absolute atomic E-state index is 0. The Morgan fingerprint density at radius 3 is 2.31 bits per heavy atom. The van der Waals surface area contributed by atoms with E-state index in [0.29, 0.717) is 12.0 Å². The second-order valence-corrected chi connectivity index (χ2v) is 4.90. The second kappa shape index (κ2) is 6.48. The number of hydrogen-bond donors (Lipinski definition) is 1. The lowest BCUT2D eigenvalue weighted by atomic mass is 9.88. The molecule has 0 bridgehead atoms. The highest BCUT2D eigenvalue weighted by atomic mass is 35.5. The van der Waals surface area contributed by atoms with Gasteiger partial charge in [0.15, 0.2) is 0 Å². The lowest BCUT2D eigenvalue weighted by Crippen LogP contribution is -2.27. The fraction of sp³-hybridized carbons (Fsp3) is 0.538. The first-order chi connectivity index (χ1) is 7.27. The molecule has 0 aliphatic heterocycles. The Hall–Kier alpha value is -0.240. The summed E-state index contributed by atoms with van der Waals surface area (Å²) >= 11 is 5.89. The standard InChI is InChI=1S/C13H18ClN.ClH/c14-11-8-6-10(7-9-11)12-4-2-1-3-5-13(12)15;/h6-9,12-13H,1-5,15H2;1H. The van der Waals surface area contributed by atoms with E-state index in [4.69, 9.17) is 17.3 Å². The Kier molecular flexibility index (Phi) is 5.60. The predicted octanol–water partition coefficient (Wildman–Crippen LogP) is 4.14. The van der Waals surface area contributed by atoms with Gasteiger partial charge in [-0.1, -0.05) is 43.0 Å². The lowest BCUT2D eigenvalue weighted by molar-refractivity contribution is 0.505. The number of benzene rings is 1. The Morgan fingerprint density at radius 2 is 1.62 bits per heavy atom. The molecule has 2 atom stereocenters. The summed E-state index contributed by atoms with van der Waals surface area (Å²) in [6, 6.07) is 8.51. The van der Waals surface area contributed by atoms with E-state index < -0.39 is 0 Å². The van der Waals surface area contributed by atoms with Crippen molar-refractivity contribution in [3.05, 3.63) is 34.9 Å². The van der Waals surface area contributed by atoms with Gasteiger partial charge in [0.1, 0.15) is 0 Å². The maximum atomic E-state index is 6.22. The smallest absolute Gasteiger partial charge is 0.0406 e. The molecule has 1 fully saturated rings. The number of rotatable bonds is 1. The first-order valence-electron chi connectivity index (χ1n) is 5.78. The minimum Gasteiger partial charge on any atom is -0.327 e. The van der Waals surface area contributed by atoms with E-state index >= 15 is 0 Å². The minimum atomic E-state index is 0. The third-order valence-electron chi connectivity index (χ3n) is 3.37. The molecule has 0 amide bonds. The molecule has 2 unspecified atom stereocenters. The quantitative estimate of drug-likeness (QED) is 0.754. The third kappa shape index (κ3) is 3.38. The molecule has 1 aliphatic carbocycles. The lowest BCUT2D eigenvalue weighted by Gasteiger charge is -2.21. The van der Waals surface area contributed by atoms with E-state index in [1.165, 1.54) is 31.2 Å². The van der Waals surface area contributed by atoms with Gasteiger partial charge in [-0.3, -0.25) is 0 Å². The van der Waals surface area contributed by atoms with E-state index in [1.54, 1.807) is 0 Å². The summed E-state index contributed by atoms with van der Waals surface area (Å²) in [5.74, 6) is 0.532. The van der Waals surface area contributed by atoms with Crippen LogP contribution in [0.3, 0.4) is 0 Å². The Morgan fingerprint density at radius 1 is 1.00 bits per heavy atom. The van der Waals surface area contributed by atoms with Crippen molar-refractivity contribution >= 4 is 24.0 Å². The molecule has 0 aromatic heterocycles. The van der Waals surface area contributed by atoms with E-state index in [9.17, 15) is 0 Å². The molecule has 0 saturated heterocycles. The molecule has 1 aromatic carbocycles. The largest absolute Gasteiger partial charge is 0.327 e. The van der Waals surface area contributed by atoms with E-state index in [2.05, 4.69) is 12.1 Å². The van der Waals surface area contributed by atoms with Crippen LogP contribution < -0.4 is 5.73 Å². The zero-order valence-electron chi connectivity index (χ0n) is 9.36. The molecule has 1 aliphatic rings.